The van der Waals surface area contributed by atoms with Crippen LogP contribution in [0.1, 0.15) is 19.8 Å². The van der Waals surface area contributed by atoms with Crippen LogP contribution < -0.4 is 5.11 Å². The van der Waals surface area contributed by atoms with Crippen molar-refractivity contribution < 1.29 is 15.4 Å². The molecule has 0 spiro atoms. The van der Waals surface area contributed by atoms with E-state index in [2.05, 4.69) is 20.8 Å². The summed E-state index contributed by atoms with van der Waals surface area (Å²) in [5, 5.41) is 8.89. The Kier molecular flexibility index (Phi) is 53.4. The van der Waals surface area contributed by atoms with Crippen molar-refractivity contribution in [1.82, 2.24) is 0 Å². The van der Waals surface area contributed by atoms with Gasteiger partial charge in [-0.15, -0.1) is 0 Å². The number of hydrogen-bond donors (Lipinski definition) is 0. The van der Waals surface area contributed by atoms with Crippen LogP contribution in [0.2, 0.25) is 0 Å². The maximum Gasteiger partial charge on any atom is 2.00 e. The molecule has 0 saturated heterocycles. The molecule has 70 valence electrons. The largest absolute Gasteiger partial charge is 2.00 e. The zero-order valence-electron chi connectivity index (χ0n) is 8.29. The van der Waals surface area contributed by atoms with Gasteiger partial charge in [-0.1, -0.05) is 0 Å². The Hall–Kier alpha value is 1.95. The smallest absolute Gasteiger partial charge is 0.870 e. The van der Waals surface area contributed by atoms with Gasteiger partial charge in [0.25, 0.3) is 0 Å². The van der Waals surface area contributed by atoms with Crippen molar-refractivity contribution in [2.45, 2.75) is 19.8 Å². The molecule has 0 rings (SSSR count). The van der Waals surface area contributed by atoms with E-state index in [9.17, 15) is 0 Å². The number of carbonyl (C=O) groups excluding carboxylic acids is 1. The van der Waals surface area contributed by atoms with Gasteiger partial charge in [-0.3, -0.25) is 0 Å². The van der Waals surface area contributed by atoms with E-state index in [4.69, 9.17) is 9.90 Å². The summed E-state index contributed by atoms with van der Waals surface area (Å²) in [4.78, 5) is 8.89. The zero-order chi connectivity index (χ0) is 8.57. The first-order chi connectivity index (χ1) is 4.54. The van der Waals surface area contributed by atoms with E-state index < -0.39 is 5.97 Å². The Bertz CT molecular complexity index is 81.5. The van der Waals surface area contributed by atoms with Gasteiger partial charge >= 0.3 is 75.5 Å². The molecule has 0 aliphatic heterocycles. The molecule has 1 N–H and O–H groups in total. The van der Waals surface area contributed by atoms with E-state index in [1.54, 1.807) is 0 Å². The second-order valence-corrected chi connectivity index (χ2v) is 1.93. The molecule has 3 nitrogen and oxygen atoms in total. The average molecular weight is 239 g/mol. The molecule has 5 heteroatoms. The van der Waals surface area contributed by atoms with Crippen molar-refractivity contribution in [2.75, 3.05) is 0 Å². The number of aliphatic carboxylic acids is 1. The molecule has 0 atom stereocenters. The number of hydrogen-bond acceptors (Lipinski definition) is 3. The standard InChI is InChI=1S/C6H11.C2H4O2.2Ca.H2O/c1-4-6(3)5-2;1-2(3)4;;;/h6H,1-5H2;1H3,(H,3,4);;;1H2/q-3;;2*+2;/p-2. The third-order valence-corrected chi connectivity index (χ3v) is 0.816. The fourth-order valence-corrected chi connectivity index (χ4v) is 0.144. The van der Waals surface area contributed by atoms with Gasteiger partial charge in [0.1, 0.15) is 0 Å². The summed E-state index contributed by atoms with van der Waals surface area (Å²) in [7, 11) is 0. The second kappa shape index (κ2) is 23.6. The summed E-state index contributed by atoms with van der Waals surface area (Å²) in [6, 6.07) is 0. The molecule has 0 aromatic heterocycles. The summed E-state index contributed by atoms with van der Waals surface area (Å²) < 4.78 is 0. The molecule has 0 heterocycles. The van der Waals surface area contributed by atoms with Gasteiger partial charge in [-0.2, -0.15) is 0 Å². The summed E-state index contributed by atoms with van der Waals surface area (Å²) >= 11 is 0. The molecular weight excluding hydrogens is 224 g/mol. The van der Waals surface area contributed by atoms with Crippen molar-refractivity contribution >= 4 is 81.4 Å². The number of carbonyl (C=O) groups is 1. The van der Waals surface area contributed by atoms with Crippen LogP contribution in [0.5, 0.6) is 0 Å². The van der Waals surface area contributed by atoms with Crippen LogP contribution in [0.25, 0.3) is 0 Å². The van der Waals surface area contributed by atoms with Gasteiger partial charge in [0, 0.05) is 5.97 Å². The molecule has 0 fully saturated rings. The predicted molar refractivity (Wildman–Crippen MR) is 52.9 cm³/mol. The van der Waals surface area contributed by atoms with Gasteiger partial charge in [0.2, 0.25) is 0 Å². The molecule has 0 aliphatic rings. The van der Waals surface area contributed by atoms with Crippen LogP contribution in [0, 0.1) is 26.7 Å². The van der Waals surface area contributed by atoms with Crippen LogP contribution in [0.3, 0.4) is 0 Å². The molecular formula is C8H15Ca2O3-. The predicted octanol–water partition coefficient (Wildman–Crippen LogP) is -0.297. The zero-order valence-corrected chi connectivity index (χ0v) is 12.7. The van der Waals surface area contributed by atoms with E-state index in [0.717, 1.165) is 19.8 Å². The van der Waals surface area contributed by atoms with Gasteiger partial charge in [0.05, 0.1) is 0 Å². The van der Waals surface area contributed by atoms with Crippen LogP contribution in [0.4, 0.5) is 0 Å². The molecule has 0 saturated carbocycles. The number of carboxylic acid groups (broad SMARTS) is 1. The quantitative estimate of drug-likeness (QED) is 0.491. The van der Waals surface area contributed by atoms with Crippen molar-refractivity contribution in [3.05, 3.63) is 20.8 Å². The van der Waals surface area contributed by atoms with E-state index in [-0.39, 0.29) is 81.0 Å². The number of rotatable bonds is 2. The first kappa shape index (κ1) is 29.4. The maximum atomic E-state index is 8.89. The fourth-order valence-electron chi connectivity index (χ4n) is 0.144. The van der Waals surface area contributed by atoms with Crippen LogP contribution in [-0.2, 0) is 4.79 Å². The molecule has 0 aliphatic carbocycles. The number of carboxylic acids is 1. The molecule has 0 amide bonds. The minimum absolute atomic E-state index is 0. The van der Waals surface area contributed by atoms with Crippen molar-refractivity contribution in [1.29, 1.82) is 0 Å². The van der Waals surface area contributed by atoms with Gasteiger partial charge in [0.15, 0.2) is 0 Å². The van der Waals surface area contributed by atoms with Gasteiger partial charge in [-0.05, 0) is 6.92 Å². The van der Waals surface area contributed by atoms with E-state index >= 15 is 0 Å². The molecule has 0 unspecified atom stereocenters. The van der Waals surface area contributed by atoms with Gasteiger partial charge < -0.3 is 36.1 Å². The second-order valence-electron chi connectivity index (χ2n) is 1.93. The van der Waals surface area contributed by atoms with E-state index in [1.807, 2.05) is 0 Å². The molecule has 0 radical (unpaired) electrons. The summed E-state index contributed by atoms with van der Waals surface area (Å²) in [5.74, 6) is -0.620. The Morgan fingerprint density at radius 2 is 1.46 bits per heavy atom. The van der Waals surface area contributed by atoms with Crippen LogP contribution in [0.15, 0.2) is 0 Å². The Morgan fingerprint density at radius 3 is 1.46 bits per heavy atom. The Balaban J connectivity index is -0.0000000279. The van der Waals surface area contributed by atoms with Crippen molar-refractivity contribution in [3.63, 3.8) is 0 Å². The molecule has 0 aromatic rings. The van der Waals surface area contributed by atoms with Crippen molar-refractivity contribution in [3.8, 4) is 0 Å². The van der Waals surface area contributed by atoms with Crippen LogP contribution in [-0.4, -0.2) is 86.9 Å². The third-order valence-electron chi connectivity index (χ3n) is 0.816. The normalized spacial score (nSPS) is 6.54. The third kappa shape index (κ3) is 56.3. The summed E-state index contributed by atoms with van der Waals surface area (Å²) in [5.41, 5.74) is 0. The Labute approximate surface area is 141 Å². The molecule has 0 bridgehead atoms. The van der Waals surface area contributed by atoms with E-state index in [0.29, 0.717) is 5.92 Å². The first-order valence-corrected chi connectivity index (χ1v) is 3.13. The Morgan fingerprint density at radius 1 is 1.31 bits per heavy atom. The molecule has 13 heavy (non-hydrogen) atoms. The monoisotopic (exact) mass is 239 g/mol. The average Bonchev–Trinajstić information content (AvgIpc) is 1.85. The molecule has 0 aromatic carbocycles. The summed E-state index contributed by atoms with van der Waals surface area (Å²) in [6.07, 6.45) is 1.81. The fraction of sp³-hybridized carbons (Fsp3) is 0.500. The summed E-state index contributed by atoms with van der Waals surface area (Å²) in [6.45, 7) is 12.0. The minimum atomic E-state index is -1.08. The van der Waals surface area contributed by atoms with E-state index in [1.165, 1.54) is 0 Å². The first-order valence-electron chi connectivity index (χ1n) is 3.13. The van der Waals surface area contributed by atoms with Crippen molar-refractivity contribution in [2.24, 2.45) is 5.92 Å². The SMILES string of the molecule is CC(=O)[O-].[CH2-]CC([CH2-])C[CH2-].[Ca+2].[Ca+2].[OH-]. The van der Waals surface area contributed by atoms with Gasteiger partial charge in [-0.25, -0.2) is 18.8 Å². The van der Waals surface area contributed by atoms with Crippen LogP contribution >= 0.6 is 0 Å². The maximum absolute atomic E-state index is 8.89. The topological polar surface area (TPSA) is 70.1 Å². The minimum Gasteiger partial charge on any atom is -0.870 e.